The lowest BCUT2D eigenvalue weighted by molar-refractivity contribution is 0.0169. The lowest BCUT2D eigenvalue weighted by atomic mass is 9.98. The number of hydrogen-bond donors (Lipinski definition) is 2. The molecule has 0 saturated heterocycles. The van der Waals surface area contributed by atoms with Crippen molar-refractivity contribution in [2.75, 3.05) is 26.7 Å². The summed E-state index contributed by atoms with van der Waals surface area (Å²) in [5.41, 5.74) is 0. The summed E-state index contributed by atoms with van der Waals surface area (Å²) in [5.74, 6) is 1.61. The lowest BCUT2D eigenvalue weighted by Gasteiger charge is -2.24. The van der Waals surface area contributed by atoms with Gasteiger partial charge in [0.2, 0.25) is 0 Å². The number of ether oxygens (including phenoxy) is 1. The van der Waals surface area contributed by atoms with E-state index < -0.39 is 0 Å². The van der Waals surface area contributed by atoms with E-state index in [9.17, 15) is 0 Å². The molecule has 1 fully saturated rings. The van der Waals surface area contributed by atoms with E-state index in [1.807, 2.05) is 13.2 Å². The third-order valence-electron chi connectivity index (χ3n) is 4.83. The highest BCUT2D eigenvalue weighted by Crippen LogP contribution is 2.30. The minimum atomic E-state index is 0.390. The SMILES string of the molecule is CCOC(CCNC(=NC)NCCc1ncc(CC)s1)C1CCCC1. The fourth-order valence-electron chi connectivity index (χ4n) is 3.47. The summed E-state index contributed by atoms with van der Waals surface area (Å²) in [4.78, 5) is 10.1. The Morgan fingerprint density at radius 2 is 2.08 bits per heavy atom. The molecule has 0 bridgehead atoms. The van der Waals surface area contributed by atoms with E-state index in [1.54, 1.807) is 11.3 Å². The topological polar surface area (TPSA) is 58.5 Å². The first-order valence-corrected chi connectivity index (χ1v) is 10.6. The van der Waals surface area contributed by atoms with Crippen LogP contribution in [0.2, 0.25) is 0 Å². The van der Waals surface area contributed by atoms with E-state index >= 15 is 0 Å². The molecule has 142 valence electrons. The first kappa shape index (κ1) is 20.2. The van der Waals surface area contributed by atoms with Crippen molar-refractivity contribution >= 4 is 17.3 Å². The van der Waals surface area contributed by atoms with Crippen LogP contribution in [-0.4, -0.2) is 43.8 Å². The van der Waals surface area contributed by atoms with Crippen LogP contribution in [0.3, 0.4) is 0 Å². The van der Waals surface area contributed by atoms with Crippen LogP contribution in [0.15, 0.2) is 11.2 Å². The van der Waals surface area contributed by atoms with Gasteiger partial charge in [0, 0.05) is 44.2 Å². The Balaban J connectivity index is 1.66. The van der Waals surface area contributed by atoms with Crippen LogP contribution in [0.25, 0.3) is 0 Å². The summed E-state index contributed by atoms with van der Waals surface area (Å²) in [6, 6.07) is 0. The molecule has 0 radical (unpaired) electrons. The number of nitrogens with one attached hydrogen (secondary N) is 2. The molecule has 0 aromatic carbocycles. The van der Waals surface area contributed by atoms with Crippen LogP contribution < -0.4 is 10.6 Å². The second-order valence-corrected chi connectivity index (χ2v) is 7.78. The molecular formula is C19H34N4OS. The number of aryl methyl sites for hydroxylation is 1. The predicted molar refractivity (Wildman–Crippen MR) is 107 cm³/mol. The van der Waals surface area contributed by atoms with E-state index in [-0.39, 0.29) is 0 Å². The molecular weight excluding hydrogens is 332 g/mol. The van der Waals surface area contributed by atoms with Crippen molar-refractivity contribution in [1.29, 1.82) is 0 Å². The number of guanidine groups is 1. The highest BCUT2D eigenvalue weighted by Gasteiger charge is 2.25. The first-order chi connectivity index (χ1) is 12.3. The molecule has 0 spiro atoms. The summed E-state index contributed by atoms with van der Waals surface area (Å²) < 4.78 is 5.99. The predicted octanol–water partition coefficient (Wildman–Crippen LogP) is 3.40. The first-order valence-electron chi connectivity index (χ1n) is 9.76. The maximum absolute atomic E-state index is 5.99. The Bertz CT molecular complexity index is 511. The van der Waals surface area contributed by atoms with E-state index in [2.05, 4.69) is 34.5 Å². The van der Waals surface area contributed by atoms with Crippen molar-refractivity contribution in [3.05, 3.63) is 16.1 Å². The number of nitrogens with zero attached hydrogens (tertiary/aromatic N) is 2. The monoisotopic (exact) mass is 366 g/mol. The van der Waals surface area contributed by atoms with Crippen molar-refractivity contribution in [2.45, 2.75) is 64.9 Å². The number of rotatable bonds is 10. The van der Waals surface area contributed by atoms with Gasteiger partial charge in [-0.15, -0.1) is 11.3 Å². The summed E-state index contributed by atoms with van der Waals surface area (Å²) in [5, 5.41) is 8.00. The minimum absolute atomic E-state index is 0.390. The van der Waals surface area contributed by atoms with Gasteiger partial charge in [-0.25, -0.2) is 4.98 Å². The Morgan fingerprint density at radius 3 is 2.72 bits per heavy atom. The molecule has 1 unspecified atom stereocenters. The molecule has 1 atom stereocenters. The van der Waals surface area contributed by atoms with Gasteiger partial charge in [0.1, 0.15) is 0 Å². The molecule has 2 N–H and O–H groups in total. The van der Waals surface area contributed by atoms with Crippen molar-refractivity contribution in [3.63, 3.8) is 0 Å². The van der Waals surface area contributed by atoms with Gasteiger partial charge in [0.05, 0.1) is 11.1 Å². The van der Waals surface area contributed by atoms with Crippen LogP contribution in [-0.2, 0) is 17.6 Å². The van der Waals surface area contributed by atoms with Gasteiger partial charge < -0.3 is 15.4 Å². The average molecular weight is 367 g/mol. The van der Waals surface area contributed by atoms with Gasteiger partial charge in [-0.3, -0.25) is 4.99 Å². The third-order valence-corrected chi connectivity index (χ3v) is 6.03. The molecule has 1 aliphatic rings. The summed E-state index contributed by atoms with van der Waals surface area (Å²) in [6.45, 7) is 6.83. The molecule has 1 aromatic rings. The summed E-state index contributed by atoms with van der Waals surface area (Å²) >= 11 is 1.81. The maximum Gasteiger partial charge on any atom is 0.190 e. The van der Waals surface area contributed by atoms with Crippen molar-refractivity contribution in [1.82, 2.24) is 15.6 Å². The van der Waals surface area contributed by atoms with E-state index in [0.29, 0.717) is 6.10 Å². The van der Waals surface area contributed by atoms with Crippen LogP contribution in [0.1, 0.15) is 55.8 Å². The van der Waals surface area contributed by atoms with Crippen LogP contribution in [0.5, 0.6) is 0 Å². The molecule has 1 aliphatic carbocycles. The Labute approximate surface area is 156 Å². The van der Waals surface area contributed by atoms with Gasteiger partial charge in [-0.2, -0.15) is 0 Å². The molecule has 2 rings (SSSR count). The quantitative estimate of drug-likeness (QED) is 0.492. The summed E-state index contributed by atoms with van der Waals surface area (Å²) in [7, 11) is 1.82. The molecule has 0 aliphatic heterocycles. The van der Waals surface area contributed by atoms with Crippen molar-refractivity contribution in [2.24, 2.45) is 10.9 Å². The van der Waals surface area contributed by atoms with Crippen molar-refractivity contribution < 1.29 is 4.74 Å². The molecule has 25 heavy (non-hydrogen) atoms. The maximum atomic E-state index is 5.99. The van der Waals surface area contributed by atoms with Gasteiger partial charge in [0.25, 0.3) is 0 Å². The Kier molecular flexibility index (Phi) is 9.26. The highest BCUT2D eigenvalue weighted by molar-refractivity contribution is 7.11. The van der Waals surface area contributed by atoms with Crippen LogP contribution in [0.4, 0.5) is 0 Å². The smallest absolute Gasteiger partial charge is 0.190 e. The number of aromatic nitrogens is 1. The molecule has 0 amide bonds. The number of thiazole rings is 1. The number of hydrogen-bond acceptors (Lipinski definition) is 4. The molecule has 1 heterocycles. The zero-order valence-corrected chi connectivity index (χ0v) is 16.8. The van der Waals surface area contributed by atoms with Gasteiger partial charge in [0.15, 0.2) is 5.96 Å². The normalized spacial score (nSPS) is 17.0. The van der Waals surface area contributed by atoms with Gasteiger partial charge in [-0.1, -0.05) is 19.8 Å². The van der Waals surface area contributed by atoms with E-state index in [0.717, 1.165) is 50.8 Å². The fourth-order valence-corrected chi connectivity index (χ4v) is 4.33. The minimum Gasteiger partial charge on any atom is -0.378 e. The second-order valence-electron chi connectivity index (χ2n) is 6.58. The zero-order chi connectivity index (χ0) is 17.9. The lowest BCUT2D eigenvalue weighted by Crippen LogP contribution is -2.40. The zero-order valence-electron chi connectivity index (χ0n) is 16.0. The van der Waals surface area contributed by atoms with E-state index in [4.69, 9.17) is 4.74 Å². The molecule has 1 aromatic heterocycles. The van der Waals surface area contributed by atoms with Crippen molar-refractivity contribution in [3.8, 4) is 0 Å². The number of aliphatic imine (C=N–C) groups is 1. The Morgan fingerprint density at radius 1 is 1.32 bits per heavy atom. The molecule has 6 heteroatoms. The molecule has 1 saturated carbocycles. The van der Waals surface area contributed by atoms with Crippen LogP contribution >= 0.6 is 11.3 Å². The third kappa shape index (κ3) is 6.94. The Hall–Kier alpha value is -1.14. The molecule has 5 nitrogen and oxygen atoms in total. The largest absolute Gasteiger partial charge is 0.378 e. The van der Waals surface area contributed by atoms with Crippen LogP contribution in [0, 0.1) is 5.92 Å². The highest BCUT2D eigenvalue weighted by atomic mass is 32.1. The average Bonchev–Trinajstić information content (AvgIpc) is 3.31. The second kappa shape index (κ2) is 11.5. The fraction of sp³-hybridized carbons (Fsp3) is 0.789. The summed E-state index contributed by atoms with van der Waals surface area (Å²) in [6.07, 6.45) is 10.8. The van der Waals surface area contributed by atoms with Gasteiger partial charge in [-0.05, 0) is 38.5 Å². The standard InChI is InChI=1S/C19H34N4OS/c1-4-16-14-23-18(25-16)11-13-22-19(20-3)21-12-10-17(24-5-2)15-8-6-7-9-15/h14-15,17H,4-13H2,1-3H3,(H2,20,21,22). The van der Waals surface area contributed by atoms with E-state index in [1.165, 1.54) is 35.6 Å². The van der Waals surface area contributed by atoms with Gasteiger partial charge >= 0.3 is 0 Å².